The monoisotopic (exact) mass is 330 g/mol. The molecule has 10 heteroatoms. The first-order chi connectivity index (χ1) is 5.55. The van der Waals surface area contributed by atoms with Crippen molar-refractivity contribution < 1.29 is 45.3 Å². The van der Waals surface area contributed by atoms with Gasteiger partial charge in [0, 0.05) is 0 Å². The zero-order valence-corrected chi connectivity index (χ0v) is 13.0. The average molecular weight is 333 g/mol. The van der Waals surface area contributed by atoms with Gasteiger partial charge in [-0.3, -0.25) is 0 Å². The first-order valence-corrected chi connectivity index (χ1v) is 4.72. The topological polar surface area (TPSA) is 43.4 Å². The number of hydrogen-bond acceptors (Lipinski definition) is 3. The number of carbonyl (C=O) groups is 2. The second-order valence-corrected chi connectivity index (χ2v) is 6.23. The van der Waals surface area contributed by atoms with Crippen LogP contribution in [-0.4, -0.2) is 19.5 Å². The van der Waals surface area contributed by atoms with Crippen molar-refractivity contribution in [2.75, 3.05) is 0 Å². The fourth-order valence-corrected chi connectivity index (χ4v) is 0.431. The number of alkyl halides is 6. The van der Waals surface area contributed by atoms with Crippen LogP contribution in [0.3, 0.4) is 0 Å². The Morgan fingerprint density at radius 1 is 0.857 bits per heavy atom. The van der Waals surface area contributed by atoms with Crippen molar-refractivity contribution in [3.8, 4) is 0 Å². The fraction of sp³-hybridized carbons (Fsp3) is 0.500. The van der Waals surface area contributed by atoms with Crippen LogP contribution in [0.4, 0.5) is 0 Å². The zero-order chi connectivity index (χ0) is 10.9. The average Bonchev–Trinajstić information content (AvgIpc) is 1.82. The first-order valence-electron chi connectivity index (χ1n) is 2.45. The molecule has 0 atom stereocenters. The summed E-state index contributed by atoms with van der Waals surface area (Å²) in [6, 6.07) is 0. The Bertz CT molecular complexity index is 212. The smallest absolute Gasteiger partial charge is 1.00 e. The molecule has 0 unspecified atom stereocenters. The van der Waals surface area contributed by atoms with Crippen molar-refractivity contribution in [1.29, 1.82) is 0 Å². The van der Waals surface area contributed by atoms with Crippen LogP contribution in [0.25, 0.3) is 0 Å². The van der Waals surface area contributed by atoms with Crippen molar-refractivity contribution in [3.05, 3.63) is 0 Å². The van der Waals surface area contributed by atoms with Gasteiger partial charge in [-0.15, -0.1) is 0 Å². The third-order valence-corrected chi connectivity index (χ3v) is 1.57. The summed E-state index contributed by atoms with van der Waals surface area (Å²) in [6.07, 6.45) is 0. The molecule has 0 aromatic rings. The normalized spacial score (nSPS) is 11.6. The number of esters is 2. The molecule has 14 heavy (non-hydrogen) atoms. The number of ether oxygens (including phenoxy) is 1. The third-order valence-electron chi connectivity index (χ3n) is 0.648. The molecule has 3 nitrogen and oxygen atoms in total. The summed E-state index contributed by atoms with van der Waals surface area (Å²) in [5, 5.41) is 0. The van der Waals surface area contributed by atoms with E-state index in [4.69, 9.17) is 69.6 Å². The van der Waals surface area contributed by atoms with Crippen molar-refractivity contribution in [2.24, 2.45) is 0 Å². The van der Waals surface area contributed by atoms with Crippen molar-refractivity contribution in [1.82, 2.24) is 0 Å². The molecule has 0 aromatic carbocycles. The molecule has 0 rings (SSSR count). The summed E-state index contributed by atoms with van der Waals surface area (Å²) in [5.74, 6) is -2.87. The van der Waals surface area contributed by atoms with E-state index in [0.29, 0.717) is 0 Å². The SMILES string of the molecule is O=C(OC(=O)C(Cl)(Cl)Cl)C(Cl)(Cl)Cl.[H-].[Na+]. The minimum absolute atomic E-state index is 0. The molecule has 0 N–H and O–H groups in total. The van der Waals surface area contributed by atoms with Gasteiger partial charge in [0.15, 0.2) is 0 Å². The maximum atomic E-state index is 10.7. The summed E-state index contributed by atoms with van der Waals surface area (Å²) in [6.45, 7) is 0. The van der Waals surface area contributed by atoms with E-state index in [1.165, 1.54) is 0 Å². The van der Waals surface area contributed by atoms with Gasteiger partial charge in [0.05, 0.1) is 0 Å². The minimum atomic E-state index is -2.38. The molecule has 0 aromatic heterocycles. The molecule has 0 amide bonds. The molecule has 0 aliphatic heterocycles. The Hall–Kier alpha value is 1.88. The van der Waals surface area contributed by atoms with E-state index >= 15 is 0 Å². The van der Waals surface area contributed by atoms with Crippen LogP contribution in [0.1, 0.15) is 1.43 Å². The predicted octanol–water partition coefficient (Wildman–Crippen LogP) is -0.0869. The van der Waals surface area contributed by atoms with Gasteiger partial charge in [-0.2, -0.15) is 0 Å². The molecule has 0 bridgehead atoms. The molecular formula is C4HCl6NaO3. The summed E-state index contributed by atoms with van der Waals surface area (Å²) in [5.41, 5.74) is 0. The molecule has 0 aliphatic carbocycles. The first kappa shape index (κ1) is 18.3. The number of rotatable bonds is 0. The molecule has 0 radical (unpaired) electrons. The maximum Gasteiger partial charge on any atom is 1.00 e. The summed E-state index contributed by atoms with van der Waals surface area (Å²) < 4.78 is -0.857. The van der Waals surface area contributed by atoms with Gasteiger partial charge < -0.3 is 6.16 Å². The molecule has 0 heterocycles. The molecular weight excluding hydrogens is 332 g/mol. The van der Waals surface area contributed by atoms with E-state index in [0.717, 1.165) is 0 Å². The Kier molecular flexibility index (Phi) is 8.57. The van der Waals surface area contributed by atoms with E-state index in [1.807, 2.05) is 0 Å². The molecule has 0 spiro atoms. The quantitative estimate of drug-likeness (QED) is 0.270. The largest absolute Gasteiger partial charge is 1.00 e. The van der Waals surface area contributed by atoms with Gasteiger partial charge in [0.1, 0.15) is 0 Å². The Balaban J connectivity index is -0.000000720. The van der Waals surface area contributed by atoms with Crippen molar-refractivity contribution in [2.45, 2.75) is 7.59 Å². The van der Waals surface area contributed by atoms with Gasteiger partial charge in [0.25, 0.3) is 7.59 Å². The van der Waals surface area contributed by atoms with E-state index < -0.39 is 19.5 Å². The second kappa shape index (κ2) is 6.58. The summed E-state index contributed by atoms with van der Waals surface area (Å²) in [4.78, 5) is 21.4. The molecule has 0 fully saturated rings. The van der Waals surface area contributed by atoms with Gasteiger partial charge in [-0.1, -0.05) is 69.6 Å². The fourth-order valence-electron chi connectivity index (χ4n) is 0.200. The van der Waals surface area contributed by atoms with Crippen LogP contribution in [0.5, 0.6) is 0 Å². The zero-order valence-electron chi connectivity index (χ0n) is 7.49. The van der Waals surface area contributed by atoms with Crippen LogP contribution in [0.15, 0.2) is 0 Å². The Morgan fingerprint density at radius 2 is 1.07 bits per heavy atom. The second-order valence-electron chi connectivity index (χ2n) is 1.67. The third kappa shape index (κ3) is 7.20. The number of halogens is 6. The van der Waals surface area contributed by atoms with Crippen LogP contribution in [0, 0.1) is 0 Å². The van der Waals surface area contributed by atoms with Gasteiger partial charge in [-0.25, -0.2) is 9.59 Å². The maximum absolute atomic E-state index is 10.7. The standard InChI is InChI=1S/C4Cl6O3.Na.H/c5-3(6,7)1(11)13-2(12)4(8,9)10;;/q;+1;-1. The van der Waals surface area contributed by atoms with Crippen LogP contribution in [-0.2, 0) is 14.3 Å². The minimum Gasteiger partial charge on any atom is -1.00 e. The Morgan fingerprint density at radius 3 is 1.21 bits per heavy atom. The molecule has 0 saturated heterocycles. The molecule has 0 saturated carbocycles. The van der Waals surface area contributed by atoms with Crippen molar-refractivity contribution >= 4 is 81.5 Å². The summed E-state index contributed by atoms with van der Waals surface area (Å²) in [7, 11) is 0. The number of carbonyl (C=O) groups excluding carboxylic acids is 2. The van der Waals surface area contributed by atoms with Crippen LogP contribution in [0.2, 0.25) is 0 Å². The van der Waals surface area contributed by atoms with Gasteiger partial charge >= 0.3 is 41.5 Å². The molecule has 78 valence electrons. The van der Waals surface area contributed by atoms with Crippen LogP contribution >= 0.6 is 69.6 Å². The van der Waals surface area contributed by atoms with Gasteiger partial charge in [-0.05, 0) is 0 Å². The van der Waals surface area contributed by atoms with E-state index in [-0.39, 0.29) is 31.0 Å². The van der Waals surface area contributed by atoms with Crippen molar-refractivity contribution in [3.63, 3.8) is 0 Å². The van der Waals surface area contributed by atoms with Gasteiger partial charge in [0.2, 0.25) is 0 Å². The van der Waals surface area contributed by atoms with E-state index in [9.17, 15) is 9.59 Å². The Labute approximate surface area is 133 Å². The molecule has 0 aliphatic rings. The van der Waals surface area contributed by atoms with E-state index in [2.05, 4.69) is 4.74 Å². The van der Waals surface area contributed by atoms with E-state index in [1.54, 1.807) is 0 Å². The summed E-state index contributed by atoms with van der Waals surface area (Å²) >= 11 is 30.3. The predicted molar refractivity (Wildman–Crippen MR) is 52.8 cm³/mol. The van der Waals surface area contributed by atoms with Crippen LogP contribution < -0.4 is 29.6 Å². The number of hydrogen-bond donors (Lipinski definition) is 0.